The molecule has 150 valence electrons. The first kappa shape index (κ1) is 19.9. The number of esters is 1. The number of carbonyl (C=O) groups is 3. The average molecular weight is 396 g/mol. The Morgan fingerprint density at radius 1 is 1.24 bits per heavy atom. The Balaban J connectivity index is 1.65. The third-order valence-corrected chi connectivity index (χ3v) is 3.98. The molecule has 0 aliphatic heterocycles. The number of benzene rings is 1. The first-order valence-electron chi connectivity index (χ1n) is 8.95. The SMILES string of the molecule is CCOC(=O)c1ccn(-c2cccc(NC(=O)[C@@H](C)NC(=O)c3ccoc3)c2)n1. The number of carbonyl (C=O) groups excluding carboxylic acids is 3. The Hall–Kier alpha value is -3.88. The zero-order chi connectivity index (χ0) is 20.8. The Kier molecular flexibility index (Phi) is 6.08. The summed E-state index contributed by atoms with van der Waals surface area (Å²) in [7, 11) is 0. The van der Waals surface area contributed by atoms with Gasteiger partial charge in [0.1, 0.15) is 12.3 Å². The molecule has 0 fully saturated rings. The van der Waals surface area contributed by atoms with E-state index in [1.54, 1.807) is 50.4 Å². The van der Waals surface area contributed by atoms with Gasteiger partial charge in [-0.15, -0.1) is 0 Å². The van der Waals surface area contributed by atoms with Crippen molar-refractivity contribution in [1.82, 2.24) is 15.1 Å². The second kappa shape index (κ2) is 8.87. The van der Waals surface area contributed by atoms with Crippen LogP contribution in [0.1, 0.15) is 34.7 Å². The molecule has 0 spiro atoms. The molecule has 1 aromatic carbocycles. The van der Waals surface area contributed by atoms with Crippen LogP contribution in [0.25, 0.3) is 5.69 Å². The van der Waals surface area contributed by atoms with Crippen molar-refractivity contribution in [1.29, 1.82) is 0 Å². The summed E-state index contributed by atoms with van der Waals surface area (Å²) in [5, 5.41) is 9.52. The summed E-state index contributed by atoms with van der Waals surface area (Å²) in [6.07, 6.45) is 4.31. The Morgan fingerprint density at radius 2 is 2.07 bits per heavy atom. The summed E-state index contributed by atoms with van der Waals surface area (Å²) in [5.74, 6) is -1.29. The molecule has 1 atom stereocenters. The third kappa shape index (κ3) is 4.89. The molecule has 2 heterocycles. The molecule has 29 heavy (non-hydrogen) atoms. The smallest absolute Gasteiger partial charge is 0.358 e. The number of aromatic nitrogens is 2. The second-order valence-corrected chi connectivity index (χ2v) is 6.11. The van der Waals surface area contributed by atoms with E-state index < -0.39 is 17.9 Å². The van der Waals surface area contributed by atoms with E-state index in [9.17, 15) is 14.4 Å². The molecule has 0 unspecified atom stereocenters. The zero-order valence-electron chi connectivity index (χ0n) is 15.9. The van der Waals surface area contributed by atoms with Crippen LogP contribution in [0, 0.1) is 0 Å². The van der Waals surface area contributed by atoms with Crippen LogP contribution >= 0.6 is 0 Å². The highest BCUT2D eigenvalue weighted by molar-refractivity contribution is 6.00. The Morgan fingerprint density at radius 3 is 2.79 bits per heavy atom. The van der Waals surface area contributed by atoms with E-state index in [1.807, 2.05) is 0 Å². The maximum atomic E-state index is 12.4. The van der Waals surface area contributed by atoms with E-state index >= 15 is 0 Å². The minimum absolute atomic E-state index is 0.192. The molecule has 0 saturated carbocycles. The lowest BCUT2D eigenvalue weighted by molar-refractivity contribution is -0.117. The van der Waals surface area contributed by atoms with Crippen LogP contribution < -0.4 is 10.6 Å². The van der Waals surface area contributed by atoms with Crippen molar-refractivity contribution in [2.24, 2.45) is 0 Å². The van der Waals surface area contributed by atoms with Gasteiger partial charge in [0.05, 0.1) is 24.1 Å². The monoisotopic (exact) mass is 396 g/mol. The first-order chi connectivity index (χ1) is 14.0. The summed E-state index contributed by atoms with van der Waals surface area (Å²) < 4.78 is 11.3. The molecule has 2 amide bonds. The number of furan rings is 1. The van der Waals surface area contributed by atoms with Gasteiger partial charge in [-0.25, -0.2) is 9.48 Å². The van der Waals surface area contributed by atoms with E-state index in [0.717, 1.165) is 0 Å². The second-order valence-electron chi connectivity index (χ2n) is 6.11. The summed E-state index contributed by atoms with van der Waals surface area (Å²) in [4.78, 5) is 36.2. The molecule has 2 aromatic heterocycles. The van der Waals surface area contributed by atoms with Gasteiger partial charge in [0, 0.05) is 11.9 Å². The van der Waals surface area contributed by atoms with E-state index in [0.29, 0.717) is 16.9 Å². The van der Waals surface area contributed by atoms with Crippen molar-refractivity contribution >= 4 is 23.5 Å². The number of anilines is 1. The predicted octanol–water partition coefficient (Wildman–Crippen LogP) is 2.40. The van der Waals surface area contributed by atoms with Gasteiger partial charge >= 0.3 is 5.97 Å². The van der Waals surface area contributed by atoms with Crippen molar-refractivity contribution in [3.8, 4) is 5.69 Å². The molecular formula is C20H20N4O5. The highest BCUT2D eigenvalue weighted by Gasteiger charge is 2.18. The molecule has 0 radical (unpaired) electrons. The van der Waals surface area contributed by atoms with E-state index in [1.165, 1.54) is 23.3 Å². The van der Waals surface area contributed by atoms with Crippen molar-refractivity contribution in [2.75, 3.05) is 11.9 Å². The van der Waals surface area contributed by atoms with Gasteiger partial charge in [-0.1, -0.05) is 6.07 Å². The Bertz CT molecular complexity index is 1010. The lowest BCUT2D eigenvalue weighted by atomic mass is 10.2. The zero-order valence-corrected chi connectivity index (χ0v) is 15.9. The number of nitrogens with zero attached hydrogens (tertiary/aromatic N) is 2. The Labute approximate surface area is 166 Å². The van der Waals surface area contributed by atoms with Crippen LogP contribution in [0.4, 0.5) is 5.69 Å². The fourth-order valence-electron chi connectivity index (χ4n) is 2.50. The topological polar surface area (TPSA) is 115 Å². The van der Waals surface area contributed by atoms with Gasteiger partial charge in [0.15, 0.2) is 5.69 Å². The van der Waals surface area contributed by atoms with Crippen LogP contribution in [0.2, 0.25) is 0 Å². The maximum Gasteiger partial charge on any atom is 0.358 e. The molecule has 0 aliphatic rings. The standard InChI is InChI=1S/C20H20N4O5/c1-3-29-20(27)17-7-9-24(23-17)16-6-4-5-15(11-16)22-18(25)13(2)21-19(26)14-8-10-28-12-14/h4-13H,3H2,1-2H3,(H,21,26)(H,22,25)/t13-/m1/s1. The van der Waals surface area contributed by atoms with Crippen molar-refractivity contribution in [3.05, 3.63) is 66.4 Å². The van der Waals surface area contributed by atoms with Gasteiger partial charge < -0.3 is 19.8 Å². The van der Waals surface area contributed by atoms with E-state index in [2.05, 4.69) is 15.7 Å². The molecule has 3 rings (SSSR count). The van der Waals surface area contributed by atoms with Crippen molar-refractivity contribution in [2.45, 2.75) is 19.9 Å². The predicted molar refractivity (Wildman–Crippen MR) is 104 cm³/mol. The van der Waals surface area contributed by atoms with Crippen LogP contribution in [0.15, 0.2) is 59.5 Å². The summed E-state index contributed by atoms with van der Waals surface area (Å²) >= 11 is 0. The quantitative estimate of drug-likeness (QED) is 0.593. The molecule has 3 aromatic rings. The number of amides is 2. The molecule has 9 nitrogen and oxygen atoms in total. The first-order valence-corrected chi connectivity index (χ1v) is 8.95. The van der Waals surface area contributed by atoms with Crippen molar-refractivity contribution < 1.29 is 23.5 Å². The summed E-state index contributed by atoms with van der Waals surface area (Å²) in [6.45, 7) is 3.57. The van der Waals surface area contributed by atoms with Crippen LogP contribution in [0.3, 0.4) is 0 Å². The van der Waals surface area contributed by atoms with Gasteiger partial charge in [-0.3, -0.25) is 9.59 Å². The fourth-order valence-corrected chi connectivity index (χ4v) is 2.50. The van der Waals surface area contributed by atoms with Crippen LogP contribution in [-0.2, 0) is 9.53 Å². The van der Waals surface area contributed by atoms with Gasteiger partial charge in [0.25, 0.3) is 5.91 Å². The molecule has 2 N–H and O–H groups in total. The third-order valence-electron chi connectivity index (χ3n) is 3.98. The van der Waals surface area contributed by atoms with Gasteiger partial charge in [0.2, 0.25) is 5.91 Å². The van der Waals surface area contributed by atoms with Crippen LogP contribution in [-0.4, -0.2) is 40.2 Å². The average Bonchev–Trinajstić information content (AvgIpc) is 3.40. The summed E-state index contributed by atoms with van der Waals surface area (Å²) in [5.41, 5.74) is 1.69. The fraction of sp³-hybridized carbons (Fsp3) is 0.200. The lowest BCUT2D eigenvalue weighted by Gasteiger charge is -2.14. The molecule has 0 bridgehead atoms. The lowest BCUT2D eigenvalue weighted by Crippen LogP contribution is -2.41. The van der Waals surface area contributed by atoms with Crippen LogP contribution in [0.5, 0.6) is 0 Å². The number of nitrogens with one attached hydrogen (secondary N) is 2. The number of hydrogen-bond donors (Lipinski definition) is 2. The molecular weight excluding hydrogens is 376 g/mol. The highest BCUT2D eigenvalue weighted by atomic mass is 16.5. The maximum absolute atomic E-state index is 12.4. The highest BCUT2D eigenvalue weighted by Crippen LogP contribution is 2.15. The molecule has 0 saturated heterocycles. The number of ether oxygens (including phenoxy) is 1. The van der Waals surface area contributed by atoms with E-state index in [-0.39, 0.29) is 18.2 Å². The minimum atomic E-state index is -0.763. The number of hydrogen-bond acceptors (Lipinski definition) is 6. The molecule has 9 heteroatoms. The van der Waals surface area contributed by atoms with Gasteiger partial charge in [-0.2, -0.15) is 5.10 Å². The molecule has 0 aliphatic carbocycles. The van der Waals surface area contributed by atoms with Gasteiger partial charge in [-0.05, 0) is 44.2 Å². The minimum Gasteiger partial charge on any atom is -0.472 e. The van der Waals surface area contributed by atoms with Crippen molar-refractivity contribution in [3.63, 3.8) is 0 Å². The van der Waals surface area contributed by atoms with E-state index in [4.69, 9.17) is 9.15 Å². The summed E-state index contributed by atoms with van der Waals surface area (Å²) in [6, 6.07) is 9.23. The normalized spacial score (nSPS) is 11.5. The largest absolute Gasteiger partial charge is 0.472 e. The number of rotatable bonds is 7.